The van der Waals surface area contributed by atoms with Gasteiger partial charge in [0.1, 0.15) is 0 Å². The maximum Gasteiger partial charge on any atom is 0.240 e. The van der Waals surface area contributed by atoms with E-state index in [9.17, 15) is 13.2 Å². The Morgan fingerprint density at radius 3 is 2.65 bits per heavy atom. The number of sulfonamides is 1. The molecule has 0 bridgehead atoms. The Bertz CT molecular complexity index is 627. The first-order valence-corrected chi connectivity index (χ1v) is 9.37. The van der Waals surface area contributed by atoms with Crippen LogP contribution in [0.5, 0.6) is 0 Å². The van der Waals surface area contributed by atoms with E-state index >= 15 is 0 Å². The Morgan fingerprint density at radius 2 is 2.09 bits per heavy atom. The van der Waals surface area contributed by atoms with Gasteiger partial charge in [-0.15, -0.1) is 0 Å². The zero-order valence-electron chi connectivity index (χ0n) is 13.0. The monoisotopic (exact) mass is 360 g/mol. The maximum atomic E-state index is 12.2. The third kappa shape index (κ3) is 5.46. The number of amides is 1. The minimum atomic E-state index is -3.60. The highest BCUT2D eigenvalue weighted by Crippen LogP contribution is 2.15. The van der Waals surface area contributed by atoms with Crippen molar-refractivity contribution in [1.82, 2.24) is 9.62 Å². The number of halogens is 1. The third-order valence-electron chi connectivity index (χ3n) is 3.69. The molecule has 23 heavy (non-hydrogen) atoms. The molecule has 8 heteroatoms. The zero-order chi connectivity index (χ0) is 16.9. The highest BCUT2D eigenvalue weighted by atomic mass is 35.5. The number of hydrogen-bond donors (Lipinski definition) is 1. The van der Waals surface area contributed by atoms with Crippen LogP contribution in [0.15, 0.2) is 29.2 Å². The highest BCUT2D eigenvalue weighted by Gasteiger charge is 2.21. The normalized spacial score (nSPS) is 18.1. The molecule has 1 unspecified atom stereocenters. The molecule has 0 saturated carbocycles. The van der Waals surface area contributed by atoms with E-state index in [1.165, 1.54) is 31.2 Å². The number of nitrogens with one attached hydrogen (secondary N) is 1. The summed E-state index contributed by atoms with van der Waals surface area (Å²) in [4.78, 5) is 13.4. The van der Waals surface area contributed by atoms with Crippen molar-refractivity contribution in [1.29, 1.82) is 0 Å². The molecule has 1 aliphatic heterocycles. The van der Waals surface area contributed by atoms with Crippen molar-refractivity contribution in [3.63, 3.8) is 0 Å². The molecule has 0 radical (unpaired) electrons. The first-order chi connectivity index (χ1) is 10.9. The van der Waals surface area contributed by atoms with E-state index < -0.39 is 10.0 Å². The van der Waals surface area contributed by atoms with Gasteiger partial charge < -0.3 is 9.64 Å². The average Bonchev–Trinajstić information content (AvgIpc) is 2.99. The molecule has 128 valence electrons. The maximum absolute atomic E-state index is 12.2. The summed E-state index contributed by atoms with van der Waals surface area (Å²) >= 11 is 5.75. The number of carbonyl (C=O) groups is 1. The molecular weight excluding hydrogens is 340 g/mol. The smallest absolute Gasteiger partial charge is 0.240 e. The van der Waals surface area contributed by atoms with E-state index in [1.807, 2.05) is 0 Å². The number of benzene rings is 1. The van der Waals surface area contributed by atoms with E-state index in [-0.39, 0.29) is 23.5 Å². The second-order valence-electron chi connectivity index (χ2n) is 5.45. The first-order valence-electron chi connectivity index (χ1n) is 7.51. The summed E-state index contributed by atoms with van der Waals surface area (Å²) in [6.07, 6.45) is 1.98. The summed E-state index contributed by atoms with van der Waals surface area (Å²) in [6, 6.07) is 5.93. The van der Waals surface area contributed by atoms with Crippen LogP contribution < -0.4 is 4.72 Å². The molecule has 1 aromatic carbocycles. The Hall–Kier alpha value is -1.15. The van der Waals surface area contributed by atoms with Crippen LogP contribution in [-0.4, -0.2) is 51.6 Å². The molecular formula is C15H21ClN2O4S. The molecule has 1 aliphatic rings. The fourth-order valence-corrected chi connectivity index (χ4v) is 3.57. The Kier molecular flexibility index (Phi) is 6.41. The van der Waals surface area contributed by atoms with Gasteiger partial charge >= 0.3 is 0 Å². The van der Waals surface area contributed by atoms with E-state index in [1.54, 1.807) is 4.90 Å². The lowest BCUT2D eigenvalue weighted by Gasteiger charge is -2.24. The molecule has 0 aliphatic carbocycles. The molecule has 1 amide bonds. The van der Waals surface area contributed by atoms with Crippen molar-refractivity contribution in [2.75, 3.05) is 26.2 Å². The van der Waals surface area contributed by atoms with Gasteiger partial charge in [0.2, 0.25) is 15.9 Å². The topological polar surface area (TPSA) is 75.7 Å². The van der Waals surface area contributed by atoms with Crippen molar-refractivity contribution < 1.29 is 17.9 Å². The van der Waals surface area contributed by atoms with Crippen molar-refractivity contribution in [2.24, 2.45) is 0 Å². The van der Waals surface area contributed by atoms with Gasteiger partial charge in [-0.2, -0.15) is 0 Å². The largest absolute Gasteiger partial charge is 0.376 e. The van der Waals surface area contributed by atoms with Crippen molar-refractivity contribution in [3.05, 3.63) is 29.3 Å². The summed E-state index contributed by atoms with van der Waals surface area (Å²) in [5, 5.41) is 0.475. The number of nitrogens with zero attached hydrogens (tertiary/aromatic N) is 1. The molecule has 1 aromatic rings. The summed E-state index contributed by atoms with van der Waals surface area (Å²) < 4.78 is 32.3. The molecule has 0 aromatic heterocycles. The van der Waals surface area contributed by atoms with Gasteiger partial charge in [-0.05, 0) is 37.1 Å². The molecule has 1 heterocycles. The fraction of sp³-hybridized carbons (Fsp3) is 0.533. The van der Waals surface area contributed by atoms with Gasteiger partial charge in [0.05, 0.1) is 11.0 Å². The number of carbonyl (C=O) groups excluding carboxylic acids is 1. The van der Waals surface area contributed by atoms with Gasteiger partial charge in [-0.3, -0.25) is 4.79 Å². The van der Waals surface area contributed by atoms with Gasteiger partial charge in [0.15, 0.2) is 0 Å². The van der Waals surface area contributed by atoms with Gasteiger partial charge in [-0.25, -0.2) is 13.1 Å². The lowest BCUT2D eigenvalue weighted by atomic mass is 10.2. The zero-order valence-corrected chi connectivity index (χ0v) is 14.6. The lowest BCUT2D eigenvalue weighted by Crippen LogP contribution is -2.41. The van der Waals surface area contributed by atoms with Gasteiger partial charge in [0, 0.05) is 38.2 Å². The van der Waals surface area contributed by atoms with Crippen LogP contribution in [0, 0.1) is 0 Å². The van der Waals surface area contributed by atoms with Crippen LogP contribution in [0.4, 0.5) is 0 Å². The summed E-state index contributed by atoms with van der Waals surface area (Å²) in [6.45, 7) is 3.15. The average molecular weight is 361 g/mol. The lowest BCUT2D eigenvalue weighted by molar-refractivity contribution is -0.130. The van der Waals surface area contributed by atoms with Gasteiger partial charge in [0.25, 0.3) is 0 Å². The fourth-order valence-electron chi connectivity index (χ4n) is 2.42. The number of rotatable bonds is 7. The molecule has 1 atom stereocenters. The molecule has 1 saturated heterocycles. The number of ether oxygens (including phenoxy) is 1. The molecule has 2 rings (SSSR count). The van der Waals surface area contributed by atoms with Crippen LogP contribution in [0.25, 0.3) is 0 Å². The quantitative estimate of drug-likeness (QED) is 0.802. The molecule has 6 nitrogen and oxygen atoms in total. The van der Waals surface area contributed by atoms with Crippen LogP contribution in [0.2, 0.25) is 5.02 Å². The van der Waals surface area contributed by atoms with Crippen LogP contribution in [0.1, 0.15) is 19.8 Å². The molecule has 1 N–H and O–H groups in total. The van der Waals surface area contributed by atoms with Crippen LogP contribution in [0.3, 0.4) is 0 Å². The Labute approximate surface area is 141 Å². The summed E-state index contributed by atoms with van der Waals surface area (Å²) in [7, 11) is -3.60. The molecule has 1 fully saturated rings. The third-order valence-corrected chi connectivity index (χ3v) is 5.42. The van der Waals surface area contributed by atoms with E-state index in [0.717, 1.165) is 19.4 Å². The minimum Gasteiger partial charge on any atom is -0.376 e. The SMILES string of the molecule is CC(=O)N(CCNS(=O)(=O)c1ccc(Cl)cc1)CC1CCCO1. The first kappa shape index (κ1) is 18.2. The van der Waals surface area contributed by atoms with Crippen LogP contribution in [-0.2, 0) is 19.6 Å². The van der Waals surface area contributed by atoms with Crippen molar-refractivity contribution >= 4 is 27.5 Å². The minimum absolute atomic E-state index is 0.0479. The predicted octanol–water partition coefficient (Wildman–Crippen LogP) is 1.65. The highest BCUT2D eigenvalue weighted by molar-refractivity contribution is 7.89. The van der Waals surface area contributed by atoms with Gasteiger partial charge in [-0.1, -0.05) is 11.6 Å². The van der Waals surface area contributed by atoms with E-state index in [4.69, 9.17) is 16.3 Å². The Balaban J connectivity index is 1.88. The predicted molar refractivity (Wildman–Crippen MR) is 87.9 cm³/mol. The van der Waals surface area contributed by atoms with Crippen molar-refractivity contribution in [2.45, 2.75) is 30.8 Å². The molecule has 0 spiro atoms. The van der Waals surface area contributed by atoms with E-state index in [2.05, 4.69) is 4.72 Å². The van der Waals surface area contributed by atoms with Crippen LogP contribution >= 0.6 is 11.6 Å². The Morgan fingerprint density at radius 1 is 1.39 bits per heavy atom. The number of hydrogen-bond acceptors (Lipinski definition) is 4. The van der Waals surface area contributed by atoms with E-state index in [0.29, 0.717) is 18.1 Å². The summed E-state index contributed by atoms with van der Waals surface area (Å²) in [5.74, 6) is -0.0915. The van der Waals surface area contributed by atoms with Crippen molar-refractivity contribution in [3.8, 4) is 0 Å². The summed E-state index contributed by atoms with van der Waals surface area (Å²) in [5.41, 5.74) is 0. The second kappa shape index (κ2) is 8.10. The second-order valence-corrected chi connectivity index (χ2v) is 7.66. The standard InChI is InChI=1S/C15H21ClN2O4S/c1-12(19)18(11-14-3-2-10-22-14)9-8-17-23(20,21)15-6-4-13(16)5-7-15/h4-7,14,17H,2-3,8-11H2,1H3.